The minimum Gasteiger partial charge on any atom is -0.478 e. The van der Waals surface area contributed by atoms with Gasteiger partial charge in [-0.25, -0.2) is 33.2 Å². The van der Waals surface area contributed by atoms with Crippen LogP contribution in [0.1, 0.15) is 48.0 Å². The van der Waals surface area contributed by atoms with Gasteiger partial charge in [-0.3, -0.25) is 0 Å². The summed E-state index contributed by atoms with van der Waals surface area (Å²) in [5, 5.41) is 7.89. The molecule has 0 aliphatic carbocycles. The molecule has 0 spiro atoms. The van der Waals surface area contributed by atoms with Crippen LogP contribution in [0.25, 0.3) is 0 Å². The number of esters is 5. The van der Waals surface area contributed by atoms with Crippen molar-refractivity contribution in [2.45, 2.75) is 131 Å². The van der Waals surface area contributed by atoms with Crippen molar-refractivity contribution in [1.82, 2.24) is 0 Å². The molecule has 77 heavy (non-hydrogen) atoms. The van der Waals surface area contributed by atoms with Crippen molar-refractivity contribution in [2.75, 3.05) is 73.2 Å². The lowest BCUT2D eigenvalue weighted by Crippen LogP contribution is -2.60. The third-order valence-corrected chi connectivity index (χ3v) is 19.3. The molecule has 0 amide bonds. The van der Waals surface area contributed by atoms with Gasteiger partial charge in [-0.1, -0.05) is 39.5 Å². The summed E-state index contributed by atoms with van der Waals surface area (Å²) >= 11 is 0. The molecular weight excluding hydrogens is 1100 g/mol. The molecular formula is C49H86F6O18Si4. The van der Waals surface area contributed by atoms with Crippen LogP contribution < -0.4 is 0 Å². The number of carbonyl (C=O) groups excluding carboxylic acids is 5. The van der Waals surface area contributed by atoms with Gasteiger partial charge in [0.05, 0.1) is 53.4 Å². The van der Waals surface area contributed by atoms with Crippen LogP contribution in [0.4, 0.5) is 26.3 Å². The minimum atomic E-state index is -5.71. The molecule has 0 aliphatic rings. The zero-order valence-corrected chi connectivity index (χ0v) is 52.0. The number of hydrogen-bond acceptors (Lipinski definition) is 17. The molecule has 1 N–H and O–H groups in total. The van der Waals surface area contributed by atoms with Gasteiger partial charge in [-0.2, -0.15) is 22.0 Å². The highest BCUT2D eigenvalue weighted by Crippen LogP contribution is 2.35. The molecule has 0 bridgehead atoms. The third kappa shape index (κ3) is 52.0. The number of alkyl halides is 6. The van der Waals surface area contributed by atoms with E-state index < -0.39 is 82.5 Å². The van der Waals surface area contributed by atoms with Gasteiger partial charge < -0.3 is 55.3 Å². The molecule has 0 saturated carbocycles. The van der Waals surface area contributed by atoms with E-state index in [-0.39, 0.29) is 36.3 Å². The summed E-state index contributed by atoms with van der Waals surface area (Å²) in [6, 6.07) is 0.676. The Balaban J connectivity index is -0.000000305. The average Bonchev–Trinajstić information content (AvgIpc) is 3.26. The van der Waals surface area contributed by atoms with E-state index in [2.05, 4.69) is 108 Å². The first-order valence-electron chi connectivity index (χ1n) is 23.6. The van der Waals surface area contributed by atoms with Crippen LogP contribution in [0, 0.1) is 0 Å². The highest BCUT2D eigenvalue weighted by molar-refractivity contribution is 6.90. The summed E-state index contributed by atoms with van der Waals surface area (Å²) in [4.78, 5) is 64.1. The number of methoxy groups -OCH3 is 1. The highest BCUT2D eigenvalue weighted by atomic mass is 28.5. The van der Waals surface area contributed by atoms with E-state index in [1.54, 1.807) is 27.7 Å². The van der Waals surface area contributed by atoms with Crippen LogP contribution in [0.2, 0.25) is 65.0 Å². The van der Waals surface area contributed by atoms with E-state index in [4.69, 9.17) is 45.9 Å². The Hall–Kier alpha value is -4.53. The number of halogens is 6. The molecule has 0 radical (unpaired) electrons. The van der Waals surface area contributed by atoms with Gasteiger partial charge in [0, 0.05) is 39.5 Å². The molecule has 18 nitrogen and oxygen atoms in total. The van der Waals surface area contributed by atoms with Crippen molar-refractivity contribution >= 4 is 69.6 Å². The first kappa shape index (κ1) is 81.3. The summed E-state index contributed by atoms with van der Waals surface area (Å²) in [6.45, 7) is 49.5. The maximum atomic E-state index is 12.5. The predicted molar refractivity (Wildman–Crippen MR) is 289 cm³/mol. The van der Waals surface area contributed by atoms with E-state index in [0.717, 1.165) is 6.92 Å². The minimum absolute atomic E-state index is 0.176. The van der Waals surface area contributed by atoms with Crippen molar-refractivity contribution < 1.29 is 110 Å². The molecule has 1 atom stereocenters. The first-order valence-corrected chi connectivity index (χ1v) is 35.7. The van der Waals surface area contributed by atoms with Crippen molar-refractivity contribution in [2.24, 2.45) is 0 Å². The summed E-state index contributed by atoms with van der Waals surface area (Å²) in [7, 11) is -7.07. The summed E-state index contributed by atoms with van der Waals surface area (Å²) in [5.41, 5.74) is 1.47. The van der Waals surface area contributed by atoms with Crippen LogP contribution >= 0.6 is 0 Å². The summed E-state index contributed by atoms with van der Waals surface area (Å²) < 4.78 is 131. The van der Waals surface area contributed by atoms with Crippen LogP contribution in [0.5, 0.6) is 0 Å². The van der Waals surface area contributed by atoms with Crippen LogP contribution in [-0.4, -0.2) is 166 Å². The number of carboxylic acids is 1. The predicted octanol–water partition coefficient (Wildman–Crippen LogP) is 10.3. The molecule has 1 unspecified atom stereocenters. The maximum Gasteiger partial charge on any atom is 0.469 e. The fourth-order valence-corrected chi connectivity index (χ4v) is 18.8. The van der Waals surface area contributed by atoms with Crippen molar-refractivity contribution in [3.63, 3.8) is 0 Å². The van der Waals surface area contributed by atoms with E-state index in [1.807, 2.05) is 0 Å². The van der Waals surface area contributed by atoms with E-state index in [1.165, 1.54) is 14.0 Å². The lowest BCUT2D eigenvalue weighted by Gasteiger charge is -2.42. The number of carboxylic acid groups (broad SMARTS) is 1. The molecule has 0 rings (SSSR count). The topological polar surface area (TPSA) is 224 Å². The van der Waals surface area contributed by atoms with Gasteiger partial charge >= 0.3 is 56.7 Å². The maximum absolute atomic E-state index is 12.5. The summed E-state index contributed by atoms with van der Waals surface area (Å²) in [6.07, 6.45) is -9.41. The molecule has 0 fully saturated rings. The molecule has 448 valence electrons. The van der Waals surface area contributed by atoms with E-state index in [9.17, 15) is 55.1 Å². The van der Waals surface area contributed by atoms with E-state index in [0.29, 0.717) is 81.0 Å². The van der Waals surface area contributed by atoms with Gasteiger partial charge in [0.25, 0.3) is 6.17 Å². The normalized spacial score (nSPS) is 11.8. The quantitative estimate of drug-likeness (QED) is 0.0170. The fourth-order valence-electron chi connectivity index (χ4n) is 4.14. The molecule has 0 heterocycles. The Morgan fingerprint density at radius 2 is 0.714 bits per heavy atom. The smallest absolute Gasteiger partial charge is 0.469 e. The van der Waals surface area contributed by atoms with Crippen molar-refractivity contribution in [1.29, 1.82) is 0 Å². The largest absolute Gasteiger partial charge is 0.478 e. The second kappa shape index (κ2) is 40.6. The van der Waals surface area contributed by atoms with Crippen molar-refractivity contribution in [3.05, 3.63) is 72.9 Å². The first-order chi connectivity index (χ1) is 34.7. The molecule has 0 saturated heterocycles. The van der Waals surface area contributed by atoms with Crippen LogP contribution in [-0.2, 0) is 79.0 Å². The number of aliphatic carboxylic acids is 1. The second-order valence-corrected chi connectivity index (χ2v) is 36.4. The monoisotopic (exact) mass is 1190 g/mol. The zero-order valence-electron chi connectivity index (χ0n) is 48.0. The Bertz CT molecular complexity index is 1820. The Kier molecular flexibility index (Phi) is 42.9. The van der Waals surface area contributed by atoms with Gasteiger partial charge in [0.2, 0.25) is 0 Å². The molecule has 0 aromatic carbocycles. The van der Waals surface area contributed by atoms with Gasteiger partial charge in [-0.15, -0.1) is 0 Å². The Morgan fingerprint density at radius 1 is 0.455 bits per heavy atom. The van der Waals surface area contributed by atoms with Gasteiger partial charge in [0.1, 0.15) is 13.2 Å². The number of rotatable bonds is 31. The molecule has 0 aromatic rings. The molecule has 0 aromatic heterocycles. The lowest BCUT2D eigenvalue weighted by atomic mass is 10.2. The Morgan fingerprint density at radius 3 is 0.935 bits per heavy atom. The number of ether oxygens (including phenoxy) is 8. The zero-order chi connectivity index (χ0) is 61.8. The van der Waals surface area contributed by atoms with Crippen LogP contribution in [0.15, 0.2) is 72.9 Å². The lowest BCUT2D eigenvalue weighted by molar-refractivity contribution is -0.253. The third-order valence-electron chi connectivity index (χ3n) is 7.26. The molecule has 28 heteroatoms. The summed E-state index contributed by atoms with van der Waals surface area (Å²) in [5.74, 6) is -8.60. The standard InChI is InChI=1S/C16H26O7.C16H38O5Si4.C8H8F6O2.C5H8O2.C4H6O2/c1-13(2)15(17)22-11-9-20-7-5-19-6-8-21-10-12-23-16(18)14(3)4;1-15(2)16(17)18-13-12-14-25(19-22(3,4)5,20-23(6,7)8)21-24(9,10)11;1-4(2)5(15)16-3-7(10,11)6(9)8(12,13)14;1-4(2)5(6)7-3;1-3(2)4(5)6/h1,3,5-12H2,2,4H3;1,12-14H2,2-11H3;6H,1,3H2,2H3;1H2,2-3H3;1H2,2H3,(H,5,6). The SMILES string of the molecule is C=C(C)C(=O)O.C=C(C)C(=O)OC.C=C(C)C(=O)OCC(F)(F)C(F)C(F)(F)F.C=C(C)C(=O)OCCC[Si](O[Si](C)(C)C)(O[Si](C)(C)C)O[Si](C)(C)C.C=C(C)C(=O)OCCOCCOCCOCCOC(=O)C(=C)C. The molecule has 0 aliphatic heterocycles. The number of carbonyl (C=O) groups is 6. The van der Waals surface area contributed by atoms with Crippen molar-refractivity contribution in [3.8, 4) is 0 Å². The second-order valence-electron chi connectivity index (χ2n) is 19.4. The average molecular weight is 1190 g/mol. The van der Waals surface area contributed by atoms with Crippen LogP contribution in [0.3, 0.4) is 0 Å². The van der Waals surface area contributed by atoms with Gasteiger partial charge in [-0.05, 0) is 107 Å². The Labute approximate surface area is 455 Å². The van der Waals surface area contributed by atoms with Gasteiger partial charge in [0.15, 0.2) is 31.6 Å². The highest BCUT2D eigenvalue weighted by Gasteiger charge is 2.57. The fraction of sp³-hybridized carbons (Fsp3) is 0.633. The van der Waals surface area contributed by atoms with E-state index >= 15 is 0 Å². The number of hydrogen-bond donors (Lipinski definition) is 1.